The number of hydrogen-bond donors (Lipinski definition) is 1. The second kappa shape index (κ2) is 6.08. The van der Waals surface area contributed by atoms with Crippen LogP contribution in [0.2, 0.25) is 0 Å². The van der Waals surface area contributed by atoms with Gasteiger partial charge in [-0.25, -0.2) is 0 Å². The first kappa shape index (κ1) is 12.5. The summed E-state index contributed by atoms with van der Waals surface area (Å²) in [6.45, 7) is 7.49. The molecule has 4 nitrogen and oxygen atoms in total. The highest BCUT2D eigenvalue weighted by Crippen LogP contribution is 2.16. The van der Waals surface area contributed by atoms with Gasteiger partial charge in [0.05, 0.1) is 18.6 Å². The van der Waals surface area contributed by atoms with Crippen LogP contribution < -0.4 is 0 Å². The highest BCUT2D eigenvalue weighted by Gasteiger charge is 2.23. The molecule has 0 bridgehead atoms. The highest BCUT2D eigenvalue weighted by molar-refractivity contribution is 5.70. The second-order valence-corrected chi connectivity index (χ2v) is 4.37. The third-order valence-corrected chi connectivity index (χ3v) is 2.80. The molecule has 0 saturated carbocycles. The Bertz CT molecular complexity index is 198. The van der Waals surface area contributed by atoms with Crippen molar-refractivity contribution in [3.05, 3.63) is 0 Å². The summed E-state index contributed by atoms with van der Waals surface area (Å²) in [7, 11) is 0. The number of carboxylic acid groups (broad SMARTS) is 1. The number of aliphatic carboxylic acids is 1. The molecule has 1 fully saturated rings. The van der Waals surface area contributed by atoms with Gasteiger partial charge in [0.15, 0.2) is 0 Å². The molecule has 1 aliphatic rings. The van der Waals surface area contributed by atoms with Crippen molar-refractivity contribution in [2.75, 3.05) is 26.2 Å². The second-order valence-electron chi connectivity index (χ2n) is 4.37. The fraction of sp³-hybridized carbons (Fsp3) is 0.909. The molecular formula is C11H21NO3. The minimum Gasteiger partial charge on any atom is -0.481 e. The van der Waals surface area contributed by atoms with E-state index in [2.05, 4.69) is 4.90 Å². The molecule has 1 saturated heterocycles. The van der Waals surface area contributed by atoms with Crippen LogP contribution in [0.1, 0.15) is 26.7 Å². The molecule has 0 aromatic rings. The van der Waals surface area contributed by atoms with Crippen LogP contribution in [0.5, 0.6) is 0 Å². The summed E-state index contributed by atoms with van der Waals surface area (Å²) in [5.74, 6) is -0.777. The summed E-state index contributed by atoms with van der Waals surface area (Å²) in [5.41, 5.74) is 0. The van der Waals surface area contributed by atoms with Crippen molar-refractivity contribution in [1.29, 1.82) is 0 Å². The quantitative estimate of drug-likeness (QED) is 0.749. The van der Waals surface area contributed by atoms with E-state index < -0.39 is 5.97 Å². The van der Waals surface area contributed by atoms with E-state index in [0.717, 1.165) is 39.1 Å². The van der Waals surface area contributed by atoms with Crippen LogP contribution in [0.3, 0.4) is 0 Å². The number of rotatable bonds is 5. The average Bonchev–Trinajstić information content (AvgIpc) is 2.18. The van der Waals surface area contributed by atoms with E-state index >= 15 is 0 Å². The fourth-order valence-corrected chi connectivity index (χ4v) is 1.82. The minimum absolute atomic E-state index is 0.132. The van der Waals surface area contributed by atoms with Crippen molar-refractivity contribution in [2.45, 2.75) is 32.8 Å². The van der Waals surface area contributed by atoms with E-state index in [-0.39, 0.29) is 12.0 Å². The first-order valence-electron chi connectivity index (χ1n) is 5.66. The zero-order valence-electron chi connectivity index (χ0n) is 9.61. The van der Waals surface area contributed by atoms with Crippen LogP contribution in [-0.4, -0.2) is 48.3 Å². The molecule has 0 amide bonds. The van der Waals surface area contributed by atoms with Gasteiger partial charge >= 0.3 is 5.97 Å². The molecule has 1 rings (SSSR count). The maximum Gasteiger partial charge on any atom is 0.306 e. The smallest absolute Gasteiger partial charge is 0.306 e. The van der Waals surface area contributed by atoms with E-state index in [1.807, 2.05) is 13.8 Å². The maximum absolute atomic E-state index is 10.7. The highest BCUT2D eigenvalue weighted by atomic mass is 16.5. The Kier molecular flexibility index (Phi) is 5.05. The first-order valence-corrected chi connectivity index (χ1v) is 5.66. The Hall–Kier alpha value is -0.610. The Morgan fingerprint density at radius 1 is 1.47 bits per heavy atom. The number of carbonyl (C=O) groups is 1. The molecular weight excluding hydrogens is 194 g/mol. The standard InChI is InChI=1S/C11H21NO3/c1-9(2)15-8-7-12-5-3-10(4-6-12)11(13)14/h9-10H,3-8H2,1-2H3,(H,13,14). The van der Waals surface area contributed by atoms with Crippen LogP contribution in [0.15, 0.2) is 0 Å². The number of carboxylic acids is 1. The van der Waals surface area contributed by atoms with Crippen LogP contribution >= 0.6 is 0 Å². The first-order chi connectivity index (χ1) is 7.09. The van der Waals surface area contributed by atoms with Crippen molar-refractivity contribution in [2.24, 2.45) is 5.92 Å². The third-order valence-electron chi connectivity index (χ3n) is 2.80. The van der Waals surface area contributed by atoms with Crippen molar-refractivity contribution in [1.82, 2.24) is 4.90 Å². The molecule has 0 aliphatic carbocycles. The number of piperidine rings is 1. The lowest BCUT2D eigenvalue weighted by Crippen LogP contribution is -2.38. The van der Waals surface area contributed by atoms with E-state index in [0.29, 0.717) is 0 Å². The number of likely N-dealkylation sites (tertiary alicyclic amines) is 1. The Morgan fingerprint density at radius 3 is 2.53 bits per heavy atom. The normalized spacial score (nSPS) is 19.7. The van der Waals surface area contributed by atoms with Crippen molar-refractivity contribution in [3.63, 3.8) is 0 Å². The summed E-state index contributed by atoms with van der Waals surface area (Å²) in [4.78, 5) is 13.0. The molecule has 0 atom stereocenters. The van der Waals surface area contributed by atoms with E-state index in [4.69, 9.17) is 9.84 Å². The molecule has 15 heavy (non-hydrogen) atoms. The van der Waals surface area contributed by atoms with Gasteiger partial charge in [-0.1, -0.05) is 0 Å². The molecule has 1 aliphatic heterocycles. The summed E-state index contributed by atoms with van der Waals surface area (Å²) in [6.07, 6.45) is 1.83. The number of ether oxygens (including phenoxy) is 1. The van der Waals surface area contributed by atoms with Crippen molar-refractivity contribution < 1.29 is 14.6 Å². The van der Waals surface area contributed by atoms with Gasteiger partial charge in [-0.05, 0) is 39.8 Å². The Balaban J connectivity index is 2.12. The van der Waals surface area contributed by atoms with E-state index in [9.17, 15) is 4.79 Å². The summed E-state index contributed by atoms with van der Waals surface area (Å²) in [5, 5.41) is 8.83. The van der Waals surface area contributed by atoms with Gasteiger partial charge in [-0.3, -0.25) is 4.79 Å². The predicted molar refractivity (Wildman–Crippen MR) is 57.9 cm³/mol. The van der Waals surface area contributed by atoms with Crippen LogP contribution in [0.4, 0.5) is 0 Å². The van der Waals surface area contributed by atoms with Crippen LogP contribution in [0, 0.1) is 5.92 Å². The Morgan fingerprint density at radius 2 is 2.07 bits per heavy atom. The van der Waals surface area contributed by atoms with E-state index in [1.165, 1.54) is 0 Å². The van der Waals surface area contributed by atoms with Crippen molar-refractivity contribution in [3.8, 4) is 0 Å². The Labute approximate surface area is 91.2 Å². The molecule has 0 aromatic heterocycles. The lowest BCUT2D eigenvalue weighted by Gasteiger charge is -2.29. The van der Waals surface area contributed by atoms with Crippen LogP contribution in [-0.2, 0) is 9.53 Å². The number of hydrogen-bond acceptors (Lipinski definition) is 3. The largest absolute Gasteiger partial charge is 0.481 e. The van der Waals surface area contributed by atoms with Gasteiger partial charge in [0, 0.05) is 6.54 Å². The topological polar surface area (TPSA) is 49.8 Å². The van der Waals surface area contributed by atoms with Crippen LogP contribution in [0.25, 0.3) is 0 Å². The molecule has 1 heterocycles. The van der Waals surface area contributed by atoms with E-state index in [1.54, 1.807) is 0 Å². The predicted octanol–water partition coefficient (Wildman–Crippen LogP) is 1.21. The SMILES string of the molecule is CC(C)OCCN1CCC(C(=O)O)CC1. The lowest BCUT2D eigenvalue weighted by molar-refractivity contribution is -0.143. The van der Waals surface area contributed by atoms with Gasteiger partial charge in [0.2, 0.25) is 0 Å². The van der Waals surface area contributed by atoms with Gasteiger partial charge in [0.25, 0.3) is 0 Å². The monoisotopic (exact) mass is 215 g/mol. The fourth-order valence-electron chi connectivity index (χ4n) is 1.82. The maximum atomic E-state index is 10.7. The molecule has 88 valence electrons. The zero-order valence-corrected chi connectivity index (χ0v) is 9.61. The molecule has 0 radical (unpaired) electrons. The molecule has 4 heteroatoms. The summed E-state index contributed by atoms with van der Waals surface area (Å²) < 4.78 is 5.46. The van der Waals surface area contributed by atoms with Crippen molar-refractivity contribution >= 4 is 5.97 Å². The molecule has 0 spiro atoms. The molecule has 1 N–H and O–H groups in total. The lowest BCUT2D eigenvalue weighted by atomic mass is 9.97. The number of nitrogens with zero attached hydrogens (tertiary/aromatic N) is 1. The average molecular weight is 215 g/mol. The third kappa shape index (κ3) is 4.62. The summed E-state index contributed by atoms with van der Waals surface area (Å²) in [6, 6.07) is 0. The zero-order chi connectivity index (χ0) is 11.3. The molecule has 0 aromatic carbocycles. The minimum atomic E-state index is -0.645. The summed E-state index contributed by atoms with van der Waals surface area (Å²) >= 11 is 0. The molecule has 0 unspecified atom stereocenters. The van der Waals surface area contributed by atoms with Gasteiger partial charge in [-0.15, -0.1) is 0 Å². The van der Waals surface area contributed by atoms with Gasteiger partial charge in [0.1, 0.15) is 0 Å². The van der Waals surface area contributed by atoms with Gasteiger partial charge in [-0.2, -0.15) is 0 Å². The van der Waals surface area contributed by atoms with Gasteiger partial charge < -0.3 is 14.7 Å².